The molecule has 0 unspecified atom stereocenters. The van der Waals surface area contributed by atoms with Crippen LogP contribution in [0.1, 0.15) is 15.9 Å². The summed E-state index contributed by atoms with van der Waals surface area (Å²) in [4.78, 5) is 15.5. The lowest BCUT2D eigenvalue weighted by Gasteiger charge is -2.13. The molecule has 0 aliphatic carbocycles. The Labute approximate surface area is 179 Å². The molecule has 2 N–H and O–H groups in total. The van der Waals surface area contributed by atoms with Crippen LogP contribution in [0.25, 0.3) is 0 Å². The van der Waals surface area contributed by atoms with E-state index in [0.29, 0.717) is 75.6 Å². The largest absolute Gasteiger partial charge is 0.507 e. The second kappa shape index (κ2) is 11.9. The third-order valence-electron chi connectivity index (χ3n) is 4.26. The first-order valence-corrected chi connectivity index (χ1v) is 9.87. The zero-order chi connectivity index (χ0) is 21.9. The van der Waals surface area contributed by atoms with Crippen molar-refractivity contribution in [3.8, 4) is 17.2 Å². The number of nitrogens with zero attached hydrogens (tertiary/aromatic N) is 1. The number of fused-ring (bicyclic) bond motifs is 1. The van der Waals surface area contributed by atoms with Crippen LogP contribution < -0.4 is 9.47 Å². The van der Waals surface area contributed by atoms with Crippen molar-refractivity contribution < 1.29 is 38.7 Å². The minimum atomic E-state index is -1.21. The number of carboxylic acids is 1. The number of aliphatic imine (C=N–C) groups is 1. The highest BCUT2D eigenvalue weighted by atomic mass is 16.6. The average Bonchev–Trinajstić information content (AvgIpc) is 2.77. The van der Waals surface area contributed by atoms with E-state index in [1.54, 1.807) is 24.3 Å². The van der Waals surface area contributed by atoms with Gasteiger partial charge in [0.1, 0.15) is 24.5 Å². The summed E-state index contributed by atoms with van der Waals surface area (Å²) in [7, 11) is 0. The van der Waals surface area contributed by atoms with E-state index in [1.807, 2.05) is 0 Å². The molecule has 0 radical (unpaired) electrons. The number of benzene rings is 2. The van der Waals surface area contributed by atoms with Crippen molar-refractivity contribution >= 4 is 17.9 Å². The maximum Gasteiger partial charge on any atom is 0.339 e. The van der Waals surface area contributed by atoms with E-state index in [2.05, 4.69) is 4.99 Å². The van der Waals surface area contributed by atoms with Gasteiger partial charge in [-0.3, -0.25) is 4.99 Å². The minimum Gasteiger partial charge on any atom is -0.507 e. The predicted octanol–water partition coefficient (Wildman–Crippen LogP) is 2.66. The lowest BCUT2D eigenvalue weighted by molar-refractivity contribution is 0.00708. The molecule has 0 saturated heterocycles. The number of phenols is 1. The molecule has 31 heavy (non-hydrogen) atoms. The first kappa shape index (κ1) is 22.5. The summed E-state index contributed by atoms with van der Waals surface area (Å²) in [5.41, 5.74) is 0.945. The Hall–Kier alpha value is -3.14. The molecule has 1 heterocycles. The summed E-state index contributed by atoms with van der Waals surface area (Å²) in [6.45, 7) is 3.48. The molecule has 166 valence electrons. The monoisotopic (exact) mass is 431 g/mol. The Morgan fingerprint density at radius 3 is 2.06 bits per heavy atom. The molecule has 0 amide bonds. The molecule has 2 aromatic carbocycles. The Bertz CT molecular complexity index is 899. The van der Waals surface area contributed by atoms with Gasteiger partial charge < -0.3 is 33.9 Å². The third kappa shape index (κ3) is 7.25. The molecule has 0 fully saturated rings. The zero-order valence-electron chi connectivity index (χ0n) is 17.0. The number of ether oxygens (including phenoxy) is 5. The Balaban J connectivity index is 1.72. The number of carbonyl (C=O) groups is 1. The van der Waals surface area contributed by atoms with E-state index in [4.69, 9.17) is 28.8 Å². The van der Waals surface area contributed by atoms with E-state index in [9.17, 15) is 9.90 Å². The van der Waals surface area contributed by atoms with Crippen molar-refractivity contribution in [2.24, 2.45) is 4.99 Å². The van der Waals surface area contributed by atoms with Crippen LogP contribution in [0.3, 0.4) is 0 Å². The lowest BCUT2D eigenvalue weighted by atomic mass is 10.1. The van der Waals surface area contributed by atoms with Gasteiger partial charge in [0.15, 0.2) is 11.5 Å². The van der Waals surface area contributed by atoms with Gasteiger partial charge in [0.25, 0.3) is 0 Å². The van der Waals surface area contributed by atoms with Crippen LogP contribution in [0.4, 0.5) is 5.69 Å². The number of aromatic carboxylic acids is 1. The number of aromatic hydroxyl groups is 1. The van der Waals surface area contributed by atoms with Gasteiger partial charge in [0.05, 0.1) is 45.3 Å². The quantitative estimate of drug-likeness (QED) is 0.713. The topological polar surface area (TPSA) is 116 Å². The molecule has 9 heteroatoms. The summed E-state index contributed by atoms with van der Waals surface area (Å²) in [5.74, 6) is -0.430. The Kier molecular flexibility index (Phi) is 8.65. The SMILES string of the molecule is O=C(O)c1cc(C=Nc2ccc3c(c2)OCCOCCOCCOCCO3)ccc1O. The third-order valence-corrected chi connectivity index (χ3v) is 4.26. The normalized spacial score (nSPS) is 16.4. The van der Waals surface area contributed by atoms with Gasteiger partial charge in [0.2, 0.25) is 0 Å². The van der Waals surface area contributed by atoms with Crippen molar-refractivity contribution in [3.05, 3.63) is 47.5 Å². The molecular weight excluding hydrogens is 406 g/mol. The van der Waals surface area contributed by atoms with Gasteiger partial charge in [-0.2, -0.15) is 0 Å². The maximum atomic E-state index is 11.2. The van der Waals surface area contributed by atoms with Crippen molar-refractivity contribution in [3.63, 3.8) is 0 Å². The van der Waals surface area contributed by atoms with Crippen LogP contribution in [0.15, 0.2) is 41.4 Å². The molecule has 0 atom stereocenters. The summed E-state index contributed by atoms with van der Waals surface area (Å²) < 4.78 is 27.9. The summed E-state index contributed by atoms with van der Waals surface area (Å²) in [6.07, 6.45) is 1.51. The van der Waals surface area contributed by atoms with E-state index < -0.39 is 5.97 Å². The highest BCUT2D eigenvalue weighted by Crippen LogP contribution is 2.32. The van der Waals surface area contributed by atoms with Gasteiger partial charge in [0, 0.05) is 12.3 Å². The summed E-state index contributed by atoms with van der Waals surface area (Å²) in [6, 6.07) is 9.49. The van der Waals surface area contributed by atoms with Crippen LogP contribution in [-0.4, -0.2) is 75.3 Å². The smallest absolute Gasteiger partial charge is 0.339 e. The molecule has 0 spiro atoms. The number of hydrogen-bond acceptors (Lipinski definition) is 8. The first-order valence-electron chi connectivity index (χ1n) is 9.87. The van der Waals surface area contributed by atoms with Gasteiger partial charge in [-0.25, -0.2) is 4.79 Å². The molecule has 0 bridgehead atoms. The lowest BCUT2D eigenvalue weighted by Crippen LogP contribution is -2.13. The van der Waals surface area contributed by atoms with Crippen LogP contribution in [0.5, 0.6) is 17.2 Å². The van der Waals surface area contributed by atoms with E-state index in [0.717, 1.165) is 0 Å². The zero-order valence-corrected chi connectivity index (χ0v) is 17.0. The van der Waals surface area contributed by atoms with E-state index in [1.165, 1.54) is 18.3 Å². The number of hydrogen-bond donors (Lipinski definition) is 2. The van der Waals surface area contributed by atoms with Crippen LogP contribution in [-0.2, 0) is 14.2 Å². The number of rotatable bonds is 3. The second-order valence-electron chi connectivity index (χ2n) is 6.51. The molecule has 0 aromatic heterocycles. The molecule has 1 aliphatic rings. The molecule has 1 aliphatic heterocycles. The fraction of sp³-hybridized carbons (Fsp3) is 0.364. The predicted molar refractivity (Wildman–Crippen MR) is 112 cm³/mol. The van der Waals surface area contributed by atoms with Gasteiger partial charge in [-0.05, 0) is 35.9 Å². The molecule has 2 aromatic rings. The fourth-order valence-electron chi connectivity index (χ4n) is 2.73. The Morgan fingerprint density at radius 2 is 1.42 bits per heavy atom. The summed E-state index contributed by atoms with van der Waals surface area (Å²) >= 11 is 0. The molecule has 9 nitrogen and oxygen atoms in total. The van der Waals surface area contributed by atoms with E-state index in [-0.39, 0.29) is 11.3 Å². The Morgan fingerprint density at radius 1 is 0.806 bits per heavy atom. The van der Waals surface area contributed by atoms with Crippen molar-refractivity contribution in [1.82, 2.24) is 0 Å². The highest BCUT2D eigenvalue weighted by molar-refractivity contribution is 5.94. The van der Waals surface area contributed by atoms with Crippen LogP contribution in [0.2, 0.25) is 0 Å². The van der Waals surface area contributed by atoms with Crippen molar-refractivity contribution in [1.29, 1.82) is 0 Å². The molecule has 3 rings (SSSR count). The van der Waals surface area contributed by atoms with Crippen LogP contribution in [0, 0.1) is 0 Å². The average molecular weight is 431 g/mol. The molecule has 0 saturated carbocycles. The second-order valence-corrected chi connectivity index (χ2v) is 6.51. The molecular formula is C22H25NO8. The van der Waals surface area contributed by atoms with E-state index >= 15 is 0 Å². The minimum absolute atomic E-state index is 0.187. The first-order chi connectivity index (χ1) is 15.1. The van der Waals surface area contributed by atoms with Crippen molar-refractivity contribution in [2.75, 3.05) is 52.9 Å². The van der Waals surface area contributed by atoms with Crippen molar-refractivity contribution in [2.45, 2.75) is 0 Å². The van der Waals surface area contributed by atoms with Gasteiger partial charge in [-0.1, -0.05) is 0 Å². The summed E-state index contributed by atoms with van der Waals surface area (Å²) in [5, 5.41) is 18.7. The highest BCUT2D eigenvalue weighted by Gasteiger charge is 2.10. The maximum absolute atomic E-state index is 11.2. The number of carboxylic acid groups (broad SMARTS) is 1. The van der Waals surface area contributed by atoms with Gasteiger partial charge >= 0.3 is 5.97 Å². The standard InChI is InChI=1S/C22H25NO8/c24-19-3-1-16(13-18(19)22(25)26)15-23-17-2-4-20-21(14-17)31-12-10-29-8-6-27-5-7-28-9-11-30-20/h1-4,13-15,24H,5-12H2,(H,25,26). The van der Waals surface area contributed by atoms with Crippen LogP contribution >= 0.6 is 0 Å². The van der Waals surface area contributed by atoms with Gasteiger partial charge in [-0.15, -0.1) is 0 Å². The fourth-order valence-corrected chi connectivity index (χ4v) is 2.73.